The number of halogens is 1. The van der Waals surface area contributed by atoms with Crippen LogP contribution in [-0.4, -0.2) is 41.2 Å². The summed E-state index contributed by atoms with van der Waals surface area (Å²) in [6.45, 7) is 5.01. The Balaban J connectivity index is 0.00000192. The lowest BCUT2D eigenvalue weighted by Crippen LogP contribution is -2.43. The summed E-state index contributed by atoms with van der Waals surface area (Å²) in [5, 5.41) is 7.48. The number of likely N-dealkylation sites (N-methyl/N-ethyl adjacent to an activating group) is 1. The molecule has 1 unspecified atom stereocenters. The van der Waals surface area contributed by atoms with Crippen LogP contribution >= 0.6 is 12.4 Å². The van der Waals surface area contributed by atoms with Crippen LogP contribution in [0.3, 0.4) is 0 Å². The third-order valence-electron chi connectivity index (χ3n) is 4.39. The van der Waals surface area contributed by atoms with E-state index >= 15 is 0 Å². The van der Waals surface area contributed by atoms with Crippen LogP contribution in [0.25, 0.3) is 0 Å². The number of hydrogen-bond acceptors (Lipinski definition) is 5. The van der Waals surface area contributed by atoms with Gasteiger partial charge < -0.3 is 9.84 Å². The molecule has 23 heavy (non-hydrogen) atoms. The highest BCUT2D eigenvalue weighted by Crippen LogP contribution is 2.15. The molecule has 3 rings (SSSR count). The zero-order chi connectivity index (χ0) is 15.4. The average molecular weight is 337 g/mol. The minimum Gasteiger partial charge on any atom is -0.338 e. The standard InChI is InChI=1S/C17H24N4O.ClH/c1-13-6-3-4-7-14(13)10-16-19-17(22-20-16)12-21-9-5-8-15(11-21)18-2;/h3-4,6-7,15,18H,5,8-12H2,1-2H3;1H. The first-order valence-corrected chi connectivity index (χ1v) is 8.00. The molecular weight excluding hydrogens is 312 g/mol. The number of hydrogen-bond donors (Lipinski definition) is 1. The van der Waals surface area contributed by atoms with Gasteiger partial charge in [0, 0.05) is 19.0 Å². The molecule has 1 aliphatic rings. The molecule has 2 aromatic rings. The monoisotopic (exact) mass is 336 g/mol. The second-order valence-corrected chi connectivity index (χ2v) is 6.07. The van der Waals surface area contributed by atoms with Crippen molar-refractivity contribution in [2.24, 2.45) is 0 Å². The lowest BCUT2D eigenvalue weighted by Gasteiger charge is -2.31. The van der Waals surface area contributed by atoms with Gasteiger partial charge in [0.25, 0.3) is 0 Å². The highest BCUT2D eigenvalue weighted by Gasteiger charge is 2.20. The molecule has 6 heteroatoms. The lowest BCUT2D eigenvalue weighted by molar-refractivity contribution is 0.167. The van der Waals surface area contributed by atoms with Crippen molar-refractivity contribution in [2.75, 3.05) is 20.1 Å². The molecule has 1 atom stereocenters. The SMILES string of the molecule is CNC1CCCN(Cc2nc(Cc3ccccc3C)no2)C1.Cl. The van der Waals surface area contributed by atoms with Crippen LogP contribution in [0.2, 0.25) is 0 Å². The zero-order valence-corrected chi connectivity index (χ0v) is 14.6. The molecule has 0 radical (unpaired) electrons. The number of aryl methyl sites for hydroxylation is 1. The Labute approximate surface area is 143 Å². The van der Waals surface area contributed by atoms with E-state index in [0.717, 1.165) is 37.8 Å². The Hall–Kier alpha value is -1.43. The molecule has 0 saturated carbocycles. The summed E-state index contributed by atoms with van der Waals surface area (Å²) in [5.74, 6) is 1.49. The number of nitrogens with zero attached hydrogens (tertiary/aromatic N) is 3. The van der Waals surface area contributed by atoms with E-state index in [1.807, 2.05) is 7.05 Å². The van der Waals surface area contributed by atoms with Crippen LogP contribution in [0.1, 0.15) is 35.7 Å². The van der Waals surface area contributed by atoms with Crippen molar-refractivity contribution < 1.29 is 4.52 Å². The molecule has 2 heterocycles. The van der Waals surface area contributed by atoms with E-state index in [1.165, 1.54) is 24.0 Å². The Morgan fingerprint density at radius 1 is 1.35 bits per heavy atom. The summed E-state index contributed by atoms with van der Waals surface area (Å²) in [6, 6.07) is 8.91. The van der Waals surface area contributed by atoms with E-state index in [-0.39, 0.29) is 12.4 Å². The summed E-state index contributed by atoms with van der Waals surface area (Å²) in [7, 11) is 2.03. The molecule has 1 N–H and O–H groups in total. The van der Waals surface area contributed by atoms with Crippen LogP contribution in [-0.2, 0) is 13.0 Å². The van der Waals surface area contributed by atoms with Crippen LogP contribution < -0.4 is 5.32 Å². The fourth-order valence-electron chi connectivity index (χ4n) is 3.03. The molecule has 1 aromatic carbocycles. The second-order valence-electron chi connectivity index (χ2n) is 6.07. The Bertz CT molecular complexity index is 616. The molecule has 1 aromatic heterocycles. The third kappa shape index (κ3) is 4.77. The zero-order valence-electron chi connectivity index (χ0n) is 13.8. The van der Waals surface area contributed by atoms with Gasteiger partial charge in [-0.2, -0.15) is 4.98 Å². The van der Waals surface area contributed by atoms with Gasteiger partial charge in [0.15, 0.2) is 5.82 Å². The normalized spacial score (nSPS) is 18.6. The van der Waals surface area contributed by atoms with Gasteiger partial charge in [-0.1, -0.05) is 29.4 Å². The summed E-state index contributed by atoms with van der Waals surface area (Å²) < 4.78 is 5.43. The maximum Gasteiger partial charge on any atom is 0.240 e. The fourth-order valence-corrected chi connectivity index (χ4v) is 3.03. The van der Waals surface area contributed by atoms with Crippen LogP contribution in [0.15, 0.2) is 28.8 Å². The molecule has 1 fully saturated rings. The van der Waals surface area contributed by atoms with Crippen molar-refractivity contribution in [3.63, 3.8) is 0 Å². The maximum atomic E-state index is 5.43. The number of aromatic nitrogens is 2. The quantitative estimate of drug-likeness (QED) is 0.909. The van der Waals surface area contributed by atoms with E-state index in [9.17, 15) is 0 Å². The number of rotatable bonds is 5. The molecule has 126 valence electrons. The van der Waals surface area contributed by atoms with Gasteiger partial charge in [-0.05, 0) is 44.5 Å². The first kappa shape index (κ1) is 17.9. The van der Waals surface area contributed by atoms with Gasteiger partial charge in [0.05, 0.1) is 6.54 Å². The van der Waals surface area contributed by atoms with Crippen molar-refractivity contribution in [3.05, 3.63) is 47.1 Å². The Morgan fingerprint density at radius 2 is 2.17 bits per heavy atom. The highest BCUT2D eigenvalue weighted by molar-refractivity contribution is 5.85. The van der Waals surface area contributed by atoms with Crippen LogP contribution in [0.5, 0.6) is 0 Å². The molecule has 0 aliphatic carbocycles. The number of likely N-dealkylation sites (tertiary alicyclic amines) is 1. The van der Waals surface area contributed by atoms with Gasteiger partial charge in [-0.3, -0.25) is 4.90 Å². The van der Waals surface area contributed by atoms with E-state index in [2.05, 4.69) is 51.5 Å². The van der Waals surface area contributed by atoms with E-state index in [1.54, 1.807) is 0 Å². The van der Waals surface area contributed by atoms with E-state index < -0.39 is 0 Å². The molecule has 0 amide bonds. The molecule has 5 nitrogen and oxygen atoms in total. The highest BCUT2D eigenvalue weighted by atomic mass is 35.5. The second kappa shape index (κ2) is 8.43. The summed E-state index contributed by atoms with van der Waals surface area (Å²) in [4.78, 5) is 6.94. The Kier molecular flexibility index (Phi) is 6.57. The van der Waals surface area contributed by atoms with E-state index in [4.69, 9.17) is 4.52 Å². The summed E-state index contributed by atoms with van der Waals surface area (Å²) in [6.07, 6.45) is 3.19. The predicted octanol–water partition coefficient (Wildman–Crippen LogP) is 2.57. The van der Waals surface area contributed by atoms with Crippen molar-refractivity contribution >= 4 is 12.4 Å². The smallest absolute Gasteiger partial charge is 0.240 e. The minimum atomic E-state index is 0. The van der Waals surface area contributed by atoms with Crippen molar-refractivity contribution in [2.45, 2.75) is 38.8 Å². The third-order valence-corrected chi connectivity index (χ3v) is 4.39. The largest absolute Gasteiger partial charge is 0.338 e. The van der Waals surface area contributed by atoms with Crippen molar-refractivity contribution in [1.82, 2.24) is 20.4 Å². The number of nitrogens with one attached hydrogen (secondary N) is 1. The first-order valence-electron chi connectivity index (χ1n) is 8.00. The van der Waals surface area contributed by atoms with Crippen LogP contribution in [0, 0.1) is 6.92 Å². The summed E-state index contributed by atoms with van der Waals surface area (Å²) in [5.41, 5.74) is 2.52. The van der Waals surface area contributed by atoms with Gasteiger partial charge in [0.1, 0.15) is 0 Å². The molecule has 0 bridgehead atoms. The van der Waals surface area contributed by atoms with Crippen molar-refractivity contribution in [3.8, 4) is 0 Å². The maximum absolute atomic E-state index is 5.43. The molecular formula is C17H25ClN4O. The van der Waals surface area contributed by atoms with Gasteiger partial charge in [-0.25, -0.2) is 0 Å². The Morgan fingerprint density at radius 3 is 2.96 bits per heavy atom. The predicted molar refractivity (Wildman–Crippen MR) is 92.9 cm³/mol. The number of benzene rings is 1. The molecule has 1 aliphatic heterocycles. The van der Waals surface area contributed by atoms with E-state index in [0.29, 0.717) is 6.04 Å². The average Bonchev–Trinajstić information content (AvgIpc) is 2.97. The topological polar surface area (TPSA) is 54.2 Å². The number of piperidine rings is 1. The van der Waals surface area contributed by atoms with Gasteiger partial charge in [0.2, 0.25) is 5.89 Å². The fraction of sp³-hybridized carbons (Fsp3) is 0.529. The van der Waals surface area contributed by atoms with Crippen molar-refractivity contribution in [1.29, 1.82) is 0 Å². The summed E-state index contributed by atoms with van der Waals surface area (Å²) >= 11 is 0. The van der Waals surface area contributed by atoms with Crippen LogP contribution in [0.4, 0.5) is 0 Å². The molecule has 0 spiro atoms. The first-order chi connectivity index (χ1) is 10.7. The lowest BCUT2D eigenvalue weighted by atomic mass is 10.1. The van der Waals surface area contributed by atoms with Gasteiger partial charge in [-0.15, -0.1) is 12.4 Å². The van der Waals surface area contributed by atoms with Gasteiger partial charge >= 0.3 is 0 Å². The molecule has 1 saturated heterocycles. The minimum absolute atomic E-state index is 0.